The van der Waals surface area contributed by atoms with E-state index in [1.54, 1.807) is 62.2 Å². The molecular weight excluding hydrogens is 597 g/mol. The molecule has 46 heavy (non-hydrogen) atoms. The maximum Gasteiger partial charge on any atom is 0.416 e. The monoisotopic (exact) mass is 638 g/mol. The highest BCUT2D eigenvalue weighted by Gasteiger charge is 2.35. The molecule has 11 heteroatoms. The van der Waals surface area contributed by atoms with Crippen LogP contribution in [0.5, 0.6) is 0 Å². The van der Waals surface area contributed by atoms with E-state index in [1.807, 2.05) is 6.92 Å². The Kier molecular flexibility index (Phi) is 10.0. The third-order valence-electron chi connectivity index (χ3n) is 8.43. The van der Waals surface area contributed by atoms with E-state index in [9.17, 15) is 22.8 Å². The van der Waals surface area contributed by atoms with Gasteiger partial charge in [0.2, 0.25) is 0 Å². The second kappa shape index (κ2) is 13.8. The smallest absolute Gasteiger partial charge is 0.416 e. The highest BCUT2D eigenvalue weighted by molar-refractivity contribution is 5.92. The fourth-order valence-electron chi connectivity index (χ4n) is 6.03. The number of amides is 2. The first-order valence-corrected chi connectivity index (χ1v) is 15.8. The van der Waals surface area contributed by atoms with E-state index in [0.29, 0.717) is 48.7 Å². The van der Waals surface area contributed by atoms with Gasteiger partial charge in [-0.15, -0.1) is 0 Å². The van der Waals surface area contributed by atoms with Gasteiger partial charge in [-0.1, -0.05) is 30.3 Å². The Labute approximate surface area is 267 Å². The van der Waals surface area contributed by atoms with Gasteiger partial charge in [0.05, 0.1) is 17.6 Å². The lowest BCUT2D eigenvalue weighted by Gasteiger charge is -2.38. The molecule has 2 aromatic carbocycles. The van der Waals surface area contributed by atoms with Crippen molar-refractivity contribution in [2.75, 3.05) is 19.8 Å². The molecule has 0 bridgehead atoms. The first-order valence-electron chi connectivity index (χ1n) is 15.8. The van der Waals surface area contributed by atoms with Gasteiger partial charge in [0.15, 0.2) is 0 Å². The van der Waals surface area contributed by atoms with Crippen LogP contribution in [0.2, 0.25) is 0 Å². The molecule has 1 unspecified atom stereocenters. The number of alkyl halides is 3. The summed E-state index contributed by atoms with van der Waals surface area (Å²) >= 11 is 0. The van der Waals surface area contributed by atoms with Crippen molar-refractivity contribution >= 4 is 12.0 Å². The summed E-state index contributed by atoms with van der Waals surface area (Å²) in [4.78, 5) is 36.8. The average molecular weight is 639 g/mol. The normalized spacial score (nSPS) is 18.6. The Morgan fingerprint density at radius 2 is 1.72 bits per heavy atom. The predicted octanol–water partition coefficient (Wildman–Crippen LogP) is 8.01. The highest BCUT2D eigenvalue weighted by Crippen LogP contribution is 2.41. The number of carbonyl (C=O) groups is 2. The summed E-state index contributed by atoms with van der Waals surface area (Å²) in [6.45, 7) is 8.94. The van der Waals surface area contributed by atoms with Crippen molar-refractivity contribution in [1.29, 1.82) is 0 Å². The lowest BCUT2D eigenvalue weighted by Crippen LogP contribution is -2.42. The molecular formula is C35H41F3N4O4. The van der Waals surface area contributed by atoms with E-state index in [1.165, 1.54) is 6.07 Å². The van der Waals surface area contributed by atoms with Gasteiger partial charge in [0, 0.05) is 31.9 Å². The molecule has 3 aromatic rings. The van der Waals surface area contributed by atoms with Gasteiger partial charge in [-0.05, 0) is 100 Å². The van der Waals surface area contributed by atoms with Crippen molar-refractivity contribution in [2.45, 2.75) is 89.6 Å². The number of hydrogen-bond donors (Lipinski definition) is 1. The molecule has 2 fully saturated rings. The van der Waals surface area contributed by atoms with Gasteiger partial charge in [-0.25, -0.2) is 14.8 Å². The Morgan fingerprint density at radius 3 is 2.39 bits per heavy atom. The standard InChI is InChI=1S/C35H41F3N4O4/c1-22(40-32(43)29-14-17-39-31(41-29)25-15-19-45-20-16-25)23-8-10-24(11-9-23)28-21-26(35(36,37)38)12-13-27(28)30-7-5-6-18-42(30)33(44)46-34(2,3)4/h8-14,17,21-22,25,30H,5-7,15-16,18-20H2,1-4H3,(H,40,43)/t22-,30?/m1/s1. The number of ether oxygens (including phenoxy) is 2. The van der Waals surface area contributed by atoms with Crippen molar-refractivity contribution in [3.8, 4) is 11.1 Å². The van der Waals surface area contributed by atoms with Crippen molar-refractivity contribution in [1.82, 2.24) is 20.2 Å². The summed E-state index contributed by atoms with van der Waals surface area (Å²) in [5.41, 5.74) is 1.20. The van der Waals surface area contributed by atoms with E-state index in [0.717, 1.165) is 43.4 Å². The summed E-state index contributed by atoms with van der Waals surface area (Å²) in [6, 6.07) is 11.6. The van der Waals surface area contributed by atoms with Gasteiger partial charge in [0.25, 0.3) is 5.91 Å². The van der Waals surface area contributed by atoms with Crippen LogP contribution in [0.25, 0.3) is 11.1 Å². The topological polar surface area (TPSA) is 93.6 Å². The fraction of sp³-hybridized carbons (Fsp3) is 0.486. The quantitative estimate of drug-likeness (QED) is 0.294. The first kappa shape index (κ1) is 33.4. The van der Waals surface area contributed by atoms with Crippen LogP contribution in [0, 0.1) is 0 Å². The van der Waals surface area contributed by atoms with Gasteiger partial charge in [0.1, 0.15) is 17.1 Å². The van der Waals surface area contributed by atoms with E-state index in [2.05, 4.69) is 15.3 Å². The largest absolute Gasteiger partial charge is 0.444 e. The molecule has 0 radical (unpaired) electrons. The van der Waals surface area contributed by atoms with Crippen LogP contribution in [0.4, 0.5) is 18.0 Å². The minimum absolute atomic E-state index is 0.150. The van der Waals surface area contributed by atoms with Crippen LogP contribution in [0.15, 0.2) is 54.7 Å². The van der Waals surface area contributed by atoms with E-state index >= 15 is 0 Å². The maximum atomic E-state index is 13.9. The van der Waals surface area contributed by atoms with Crippen molar-refractivity contribution in [2.24, 2.45) is 0 Å². The molecule has 2 amide bonds. The van der Waals surface area contributed by atoms with Crippen LogP contribution in [-0.2, 0) is 15.7 Å². The fourth-order valence-corrected chi connectivity index (χ4v) is 6.03. The Hall–Kier alpha value is -3.99. The van der Waals surface area contributed by atoms with Crippen LogP contribution >= 0.6 is 0 Å². The summed E-state index contributed by atoms with van der Waals surface area (Å²) < 4.78 is 52.7. The number of benzene rings is 2. The average Bonchev–Trinajstić information content (AvgIpc) is 3.04. The van der Waals surface area contributed by atoms with Crippen LogP contribution < -0.4 is 5.32 Å². The number of piperidine rings is 1. The molecule has 0 spiro atoms. The Morgan fingerprint density at radius 1 is 1.00 bits per heavy atom. The van der Waals surface area contributed by atoms with Gasteiger partial charge in [-0.3, -0.25) is 4.79 Å². The second-order valence-electron chi connectivity index (χ2n) is 13.0. The molecule has 2 atom stereocenters. The Bertz CT molecular complexity index is 1530. The third kappa shape index (κ3) is 8.04. The molecule has 5 rings (SSSR count). The first-order chi connectivity index (χ1) is 21.8. The molecule has 2 aliphatic rings. The molecule has 1 N–H and O–H groups in total. The minimum atomic E-state index is -4.53. The van der Waals surface area contributed by atoms with E-state index in [4.69, 9.17) is 9.47 Å². The maximum absolute atomic E-state index is 13.9. The molecule has 2 saturated heterocycles. The molecule has 8 nitrogen and oxygen atoms in total. The lowest BCUT2D eigenvalue weighted by molar-refractivity contribution is -0.137. The molecule has 2 aliphatic heterocycles. The van der Waals surface area contributed by atoms with E-state index < -0.39 is 35.5 Å². The zero-order valence-electron chi connectivity index (χ0n) is 26.7. The summed E-state index contributed by atoms with van der Waals surface area (Å²) in [5, 5.41) is 2.97. The number of carbonyl (C=O) groups excluding carboxylic acids is 2. The van der Waals surface area contributed by atoms with Crippen molar-refractivity contribution < 1.29 is 32.2 Å². The third-order valence-corrected chi connectivity index (χ3v) is 8.43. The number of hydrogen-bond acceptors (Lipinski definition) is 6. The number of nitrogens with zero attached hydrogens (tertiary/aromatic N) is 3. The van der Waals surface area contributed by atoms with Gasteiger partial charge < -0.3 is 19.7 Å². The van der Waals surface area contributed by atoms with Crippen molar-refractivity contribution in [3.05, 3.63) is 82.9 Å². The van der Waals surface area contributed by atoms with Crippen LogP contribution in [0.1, 0.15) is 111 Å². The molecule has 0 saturated carbocycles. The zero-order chi connectivity index (χ0) is 33.1. The zero-order valence-corrected chi connectivity index (χ0v) is 26.7. The second-order valence-corrected chi connectivity index (χ2v) is 13.0. The molecule has 3 heterocycles. The highest BCUT2D eigenvalue weighted by atomic mass is 19.4. The number of aromatic nitrogens is 2. The van der Waals surface area contributed by atoms with Crippen LogP contribution in [-0.4, -0.2) is 52.2 Å². The molecule has 246 valence electrons. The summed E-state index contributed by atoms with van der Waals surface area (Å²) in [6.07, 6.45) is 0.427. The molecule has 0 aliphatic carbocycles. The van der Waals surface area contributed by atoms with Crippen molar-refractivity contribution in [3.63, 3.8) is 0 Å². The predicted molar refractivity (Wildman–Crippen MR) is 167 cm³/mol. The van der Waals surface area contributed by atoms with E-state index in [-0.39, 0.29) is 17.5 Å². The van der Waals surface area contributed by atoms with Crippen LogP contribution in [0.3, 0.4) is 0 Å². The van der Waals surface area contributed by atoms with Gasteiger partial charge in [-0.2, -0.15) is 13.2 Å². The number of rotatable bonds is 6. The summed E-state index contributed by atoms with van der Waals surface area (Å²) in [5.74, 6) is 0.442. The molecule has 1 aromatic heterocycles. The number of nitrogens with one attached hydrogen (secondary N) is 1. The lowest BCUT2D eigenvalue weighted by atomic mass is 9.87. The SMILES string of the molecule is C[C@@H](NC(=O)c1ccnc(C2CCOCC2)n1)c1ccc(-c2cc(C(F)(F)F)ccc2C2CCCCN2C(=O)OC(C)(C)C)cc1. The summed E-state index contributed by atoms with van der Waals surface area (Å²) in [7, 11) is 0. The Balaban J connectivity index is 1.38. The number of halogens is 3. The minimum Gasteiger partial charge on any atom is -0.444 e. The number of likely N-dealkylation sites (tertiary alicyclic amines) is 1. The van der Waals surface area contributed by atoms with Gasteiger partial charge >= 0.3 is 12.3 Å².